The molecule has 0 saturated heterocycles. The maximum atomic E-state index is 3.77. The average molecular weight is 282 g/mol. The lowest BCUT2D eigenvalue weighted by Gasteiger charge is -2.25. The van der Waals surface area contributed by atoms with Crippen LogP contribution in [0.1, 0.15) is 46.0 Å². The van der Waals surface area contributed by atoms with Crippen LogP contribution in [0.5, 0.6) is 0 Å². The Hall–Kier alpha value is -1.56. The Balaban J connectivity index is 2.69. The van der Waals surface area contributed by atoms with Crippen molar-refractivity contribution in [2.24, 2.45) is 11.8 Å². The van der Waals surface area contributed by atoms with Gasteiger partial charge in [0.25, 0.3) is 0 Å². The molecule has 1 rings (SSSR count). The number of hydrogen-bond donors (Lipinski definition) is 0. The van der Waals surface area contributed by atoms with Crippen molar-refractivity contribution in [2.75, 3.05) is 0 Å². The summed E-state index contributed by atoms with van der Waals surface area (Å²) in [7, 11) is 0. The van der Waals surface area contributed by atoms with Crippen LogP contribution in [0.3, 0.4) is 0 Å². The van der Waals surface area contributed by atoms with E-state index in [1.165, 1.54) is 5.57 Å². The van der Waals surface area contributed by atoms with Gasteiger partial charge in [0, 0.05) is 0 Å². The second-order valence-corrected chi connectivity index (χ2v) is 5.64. The second kappa shape index (κ2) is 11.1. The van der Waals surface area contributed by atoms with Gasteiger partial charge in [-0.15, -0.1) is 6.58 Å². The number of unbranched alkanes of at least 4 members (excludes halogenated alkanes) is 1. The molecule has 0 bridgehead atoms. The highest BCUT2D eigenvalue weighted by Gasteiger charge is 2.19. The fourth-order valence-electron chi connectivity index (χ4n) is 2.65. The van der Waals surface area contributed by atoms with Gasteiger partial charge in [0.05, 0.1) is 0 Å². The molecular formula is C21H30. The molecule has 0 N–H and O–H groups in total. The van der Waals surface area contributed by atoms with Crippen LogP contribution in [0.2, 0.25) is 0 Å². The Kier molecular flexibility index (Phi) is 9.28. The molecule has 0 spiro atoms. The molecule has 2 atom stereocenters. The van der Waals surface area contributed by atoms with Gasteiger partial charge in [-0.05, 0) is 50.9 Å². The van der Waals surface area contributed by atoms with Crippen LogP contribution in [-0.4, -0.2) is 0 Å². The Labute approximate surface area is 131 Å². The lowest BCUT2D eigenvalue weighted by atomic mass is 9.80. The van der Waals surface area contributed by atoms with E-state index in [4.69, 9.17) is 0 Å². The molecule has 0 aromatic heterocycles. The van der Waals surface area contributed by atoms with Crippen molar-refractivity contribution in [2.45, 2.75) is 46.0 Å². The van der Waals surface area contributed by atoms with E-state index in [1.54, 1.807) is 0 Å². The summed E-state index contributed by atoms with van der Waals surface area (Å²) in [5, 5.41) is 0. The second-order valence-electron chi connectivity index (χ2n) is 5.64. The highest BCUT2D eigenvalue weighted by atomic mass is 14.2. The highest BCUT2D eigenvalue weighted by Crippen LogP contribution is 2.30. The van der Waals surface area contributed by atoms with Gasteiger partial charge in [0.1, 0.15) is 0 Å². The normalized spacial score (nSPS) is 20.5. The summed E-state index contributed by atoms with van der Waals surface area (Å²) in [6.45, 7) is 8.22. The summed E-state index contributed by atoms with van der Waals surface area (Å²) < 4.78 is 0. The number of rotatable bonds is 9. The third-order valence-corrected chi connectivity index (χ3v) is 3.94. The van der Waals surface area contributed by atoms with E-state index in [1.807, 2.05) is 6.08 Å². The van der Waals surface area contributed by atoms with Gasteiger partial charge in [-0.25, -0.2) is 0 Å². The molecule has 21 heavy (non-hydrogen) atoms. The van der Waals surface area contributed by atoms with Gasteiger partial charge in [0.2, 0.25) is 0 Å². The molecule has 0 saturated carbocycles. The SMILES string of the molecule is C=CCC/C=C/CC(/C(C)=C/C=C\CC)C1C=CC=CC1. The smallest absolute Gasteiger partial charge is 0.0102 e. The molecule has 0 aromatic carbocycles. The molecule has 114 valence electrons. The van der Waals surface area contributed by atoms with E-state index in [-0.39, 0.29) is 0 Å². The van der Waals surface area contributed by atoms with E-state index in [0.717, 1.165) is 32.1 Å². The predicted octanol–water partition coefficient (Wildman–Crippen LogP) is 6.56. The van der Waals surface area contributed by atoms with Crippen molar-refractivity contribution in [1.29, 1.82) is 0 Å². The topological polar surface area (TPSA) is 0 Å². The van der Waals surface area contributed by atoms with Crippen molar-refractivity contribution in [3.8, 4) is 0 Å². The zero-order valence-corrected chi connectivity index (χ0v) is 13.7. The Bertz CT molecular complexity index is 429. The molecule has 0 fully saturated rings. The quantitative estimate of drug-likeness (QED) is 0.255. The minimum Gasteiger partial charge on any atom is -0.103 e. The maximum absolute atomic E-state index is 3.77. The average Bonchev–Trinajstić information content (AvgIpc) is 2.52. The molecule has 0 aromatic rings. The van der Waals surface area contributed by atoms with E-state index in [2.05, 4.69) is 75.1 Å². The van der Waals surface area contributed by atoms with Crippen LogP contribution in [0.4, 0.5) is 0 Å². The first-order valence-corrected chi connectivity index (χ1v) is 8.22. The van der Waals surface area contributed by atoms with Gasteiger partial charge in [-0.1, -0.05) is 73.3 Å². The Morgan fingerprint density at radius 3 is 2.76 bits per heavy atom. The first-order valence-electron chi connectivity index (χ1n) is 8.22. The van der Waals surface area contributed by atoms with Crippen LogP contribution < -0.4 is 0 Å². The third-order valence-electron chi connectivity index (χ3n) is 3.94. The lowest BCUT2D eigenvalue weighted by Crippen LogP contribution is -2.14. The van der Waals surface area contributed by atoms with Crippen LogP contribution in [0.15, 0.2) is 72.9 Å². The van der Waals surface area contributed by atoms with Crippen LogP contribution in [-0.2, 0) is 0 Å². The standard InChI is InChI=1S/C21H30/c1-4-6-8-9-14-18-21(19(3)15-11-7-5-2)20-16-12-10-13-17-20/h4,7,9-16,20-21H,1,5-6,8,17-18H2,2-3H3/b11-7-,14-9+,19-15+. The maximum Gasteiger partial charge on any atom is -0.0102 e. The molecule has 1 aliphatic rings. The largest absolute Gasteiger partial charge is 0.103 e. The van der Waals surface area contributed by atoms with Gasteiger partial charge in [-0.3, -0.25) is 0 Å². The van der Waals surface area contributed by atoms with Crippen molar-refractivity contribution in [3.63, 3.8) is 0 Å². The van der Waals surface area contributed by atoms with E-state index in [0.29, 0.717) is 11.8 Å². The number of hydrogen-bond acceptors (Lipinski definition) is 0. The van der Waals surface area contributed by atoms with E-state index < -0.39 is 0 Å². The van der Waals surface area contributed by atoms with Gasteiger partial charge in [0.15, 0.2) is 0 Å². The third kappa shape index (κ3) is 7.13. The van der Waals surface area contributed by atoms with E-state index >= 15 is 0 Å². The molecule has 0 amide bonds. The lowest BCUT2D eigenvalue weighted by molar-refractivity contribution is 0.457. The Morgan fingerprint density at radius 2 is 2.10 bits per heavy atom. The summed E-state index contributed by atoms with van der Waals surface area (Å²) in [5.74, 6) is 1.23. The fourth-order valence-corrected chi connectivity index (χ4v) is 2.65. The van der Waals surface area contributed by atoms with Crippen molar-refractivity contribution >= 4 is 0 Å². The van der Waals surface area contributed by atoms with Gasteiger partial charge < -0.3 is 0 Å². The first-order chi connectivity index (χ1) is 10.3. The van der Waals surface area contributed by atoms with Crippen molar-refractivity contribution in [1.82, 2.24) is 0 Å². The molecule has 0 radical (unpaired) electrons. The highest BCUT2D eigenvalue weighted by molar-refractivity contribution is 5.20. The summed E-state index contributed by atoms with van der Waals surface area (Å²) in [5.41, 5.74) is 1.48. The first kappa shape index (κ1) is 17.5. The monoisotopic (exact) mass is 282 g/mol. The molecule has 0 nitrogen and oxygen atoms in total. The minimum absolute atomic E-state index is 0.604. The van der Waals surface area contributed by atoms with E-state index in [9.17, 15) is 0 Å². The van der Waals surface area contributed by atoms with Gasteiger partial charge >= 0.3 is 0 Å². The predicted molar refractivity (Wildman–Crippen MR) is 96.3 cm³/mol. The zero-order valence-electron chi connectivity index (χ0n) is 13.7. The summed E-state index contributed by atoms with van der Waals surface area (Å²) >= 11 is 0. The van der Waals surface area contributed by atoms with Gasteiger partial charge in [-0.2, -0.15) is 0 Å². The molecule has 0 aliphatic heterocycles. The Morgan fingerprint density at radius 1 is 1.24 bits per heavy atom. The summed E-state index contributed by atoms with van der Waals surface area (Å²) in [4.78, 5) is 0. The van der Waals surface area contributed by atoms with Crippen LogP contribution >= 0.6 is 0 Å². The molecule has 2 unspecified atom stereocenters. The van der Waals surface area contributed by atoms with Crippen molar-refractivity contribution in [3.05, 3.63) is 72.9 Å². The molecular weight excluding hydrogens is 252 g/mol. The van der Waals surface area contributed by atoms with Crippen LogP contribution in [0, 0.1) is 11.8 Å². The zero-order chi connectivity index (χ0) is 15.3. The minimum atomic E-state index is 0.604. The number of allylic oxidation sites excluding steroid dienone is 11. The molecule has 0 heterocycles. The molecule has 1 aliphatic carbocycles. The van der Waals surface area contributed by atoms with Crippen LogP contribution in [0.25, 0.3) is 0 Å². The summed E-state index contributed by atoms with van der Waals surface area (Å²) in [6.07, 6.45) is 27.9. The molecule has 0 heteroatoms. The summed E-state index contributed by atoms with van der Waals surface area (Å²) in [6, 6.07) is 0. The fraction of sp³-hybridized carbons (Fsp3) is 0.429. The van der Waals surface area contributed by atoms with Crippen molar-refractivity contribution < 1.29 is 0 Å².